The van der Waals surface area contributed by atoms with Gasteiger partial charge in [-0.3, -0.25) is 4.79 Å². The van der Waals surface area contributed by atoms with Crippen molar-refractivity contribution in [2.24, 2.45) is 0 Å². The molecule has 0 aliphatic carbocycles. The smallest absolute Gasteiger partial charge is 0.244 e. The van der Waals surface area contributed by atoms with Crippen molar-refractivity contribution in [3.05, 3.63) is 32.7 Å². The summed E-state index contributed by atoms with van der Waals surface area (Å²) in [4.78, 5) is 15.2. The summed E-state index contributed by atoms with van der Waals surface area (Å²) in [6.07, 6.45) is 0.914. The topological polar surface area (TPSA) is 71.2 Å². The maximum atomic E-state index is 12.3. The van der Waals surface area contributed by atoms with E-state index in [0.717, 1.165) is 8.66 Å². The third-order valence-electron chi connectivity index (χ3n) is 2.99. The van der Waals surface area contributed by atoms with Crippen molar-refractivity contribution in [3.8, 4) is 0 Å². The summed E-state index contributed by atoms with van der Waals surface area (Å²) >= 11 is 5.04. The van der Waals surface area contributed by atoms with Gasteiger partial charge in [0.1, 0.15) is 12.2 Å². The quantitative estimate of drug-likeness (QED) is 0.843. The van der Waals surface area contributed by atoms with Crippen molar-refractivity contribution in [1.29, 1.82) is 0 Å². The van der Waals surface area contributed by atoms with E-state index in [1.54, 1.807) is 29.4 Å². The molecule has 0 aromatic carbocycles. The fourth-order valence-electron chi connectivity index (χ4n) is 1.82. The Labute approximate surface area is 135 Å². The molecule has 0 radical (unpaired) electrons. The Morgan fingerprint density at radius 3 is 2.86 bits per heavy atom. The molecule has 0 saturated heterocycles. The van der Waals surface area contributed by atoms with E-state index in [9.17, 15) is 9.90 Å². The number of aliphatic hydroxyl groups is 1. The highest BCUT2D eigenvalue weighted by Gasteiger charge is 2.15. The van der Waals surface area contributed by atoms with Gasteiger partial charge in [0, 0.05) is 11.4 Å². The maximum Gasteiger partial charge on any atom is 0.244 e. The molecule has 0 bridgehead atoms. The normalized spacial score (nSPS) is 12.4. The van der Waals surface area contributed by atoms with Crippen molar-refractivity contribution in [2.75, 3.05) is 6.54 Å². The number of amides is 1. The van der Waals surface area contributed by atoms with Gasteiger partial charge in [-0.15, -0.1) is 16.4 Å². The Bertz CT molecular complexity index is 611. The van der Waals surface area contributed by atoms with Crippen LogP contribution in [0.2, 0.25) is 0 Å². The second-order valence-electron chi connectivity index (χ2n) is 4.63. The van der Waals surface area contributed by atoms with Crippen LogP contribution in [0.15, 0.2) is 22.1 Å². The monoisotopic (exact) mass is 372 g/mol. The largest absolute Gasteiger partial charge is 0.387 e. The highest BCUT2D eigenvalue weighted by atomic mass is 79.9. The summed E-state index contributed by atoms with van der Waals surface area (Å²) in [5, 5.41) is 17.1. The van der Waals surface area contributed by atoms with E-state index in [1.165, 1.54) is 4.68 Å². The minimum atomic E-state index is -0.681. The minimum absolute atomic E-state index is 0.0240. The zero-order chi connectivity index (χ0) is 15.4. The lowest BCUT2D eigenvalue weighted by Crippen LogP contribution is -2.33. The number of thiophene rings is 1. The van der Waals surface area contributed by atoms with Gasteiger partial charge in [-0.05, 0) is 41.9 Å². The molecule has 0 spiro atoms. The molecule has 2 rings (SSSR count). The molecule has 8 heteroatoms. The molecule has 0 aliphatic heterocycles. The Balaban J connectivity index is 1.99. The van der Waals surface area contributed by atoms with E-state index >= 15 is 0 Å². The van der Waals surface area contributed by atoms with Crippen molar-refractivity contribution in [2.45, 2.75) is 33.0 Å². The zero-order valence-electron chi connectivity index (χ0n) is 11.9. The average Bonchev–Trinajstić information content (AvgIpc) is 3.05. The predicted octanol–water partition coefficient (Wildman–Crippen LogP) is 2.20. The van der Waals surface area contributed by atoms with Gasteiger partial charge in [0.2, 0.25) is 5.91 Å². The van der Waals surface area contributed by atoms with Gasteiger partial charge < -0.3 is 10.0 Å². The van der Waals surface area contributed by atoms with Crippen molar-refractivity contribution in [3.63, 3.8) is 0 Å². The second-order valence-corrected chi connectivity index (χ2v) is 7.18. The van der Waals surface area contributed by atoms with Crippen LogP contribution in [0.1, 0.15) is 30.5 Å². The molecule has 114 valence electrons. The first-order valence-electron chi connectivity index (χ1n) is 6.59. The van der Waals surface area contributed by atoms with Gasteiger partial charge in [0.25, 0.3) is 0 Å². The Morgan fingerprint density at radius 1 is 1.57 bits per heavy atom. The number of likely N-dealkylation sites (N-methyl/N-ethyl adjacent to an activating group) is 1. The Morgan fingerprint density at radius 2 is 2.33 bits per heavy atom. The van der Waals surface area contributed by atoms with Crippen LogP contribution in [0, 0.1) is 0 Å². The molecule has 1 unspecified atom stereocenters. The number of aromatic nitrogens is 3. The maximum absolute atomic E-state index is 12.3. The van der Waals surface area contributed by atoms with E-state index < -0.39 is 6.10 Å². The summed E-state index contributed by atoms with van der Waals surface area (Å²) in [5.41, 5.74) is 0.466. The summed E-state index contributed by atoms with van der Waals surface area (Å²) in [5.74, 6) is -0.0240. The zero-order valence-corrected chi connectivity index (χ0v) is 14.3. The number of nitrogens with zero attached hydrogens (tertiary/aromatic N) is 4. The first-order chi connectivity index (χ1) is 9.99. The molecule has 2 aromatic heterocycles. The predicted molar refractivity (Wildman–Crippen MR) is 83.8 cm³/mol. The van der Waals surface area contributed by atoms with E-state index in [2.05, 4.69) is 26.2 Å². The van der Waals surface area contributed by atoms with Crippen LogP contribution in [0.5, 0.6) is 0 Å². The molecule has 0 aliphatic rings. The average molecular weight is 373 g/mol. The second kappa shape index (κ2) is 7.15. The van der Waals surface area contributed by atoms with Crippen LogP contribution in [-0.2, 0) is 17.9 Å². The summed E-state index contributed by atoms with van der Waals surface area (Å²) < 4.78 is 2.51. The number of hydrogen-bond donors (Lipinski definition) is 1. The molecule has 2 heterocycles. The van der Waals surface area contributed by atoms with Crippen LogP contribution in [0.3, 0.4) is 0 Å². The number of carbonyl (C=O) groups is 1. The highest BCUT2D eigenvalue weighted by molar-refractivity contribution is 9.11. The van der Waals surface area contributed by atoms with Crippen molar-refractivity contribution < 1.29 is 9.90 Å². The number of aliphatic hydroxyl groups excluding tert-OH is 1. The van der Waals surface area contributed by atoms with Crippen LogP contribution >= 0.6 is 27.3 Å². The van der Waals surface area contributed by atoms with E-state index in [4.69, 9.17) is 0 Å². The molecule has 2 aromatic rings. The molecule has 6 nitrogen and oxygen atoms in total. The lowest BCUT2D eigenvalue weighted by atomic mass is 10.3. The molecule has 1 N–H and O–H groups in total. The SMILES string of the molecule is CCN(Cc1ccc(Br)s1)C(=O)Cn1cc(C(C)O)nn1. The lowest BCUT2D eigenvalue weighted by molar-refractivity contribution is -0.132. The van der Waals surface area contributed by atoms with Crippen molar-refractivity contribution in [1.82, 2.24) is 19.9 Å². The molecular weight excluding hydrogens is 356 g/mol. The van der Waals surface area contributed by atoms with Gasteiger partial charge >= 0.3 is 0 Å². The summed E-state index contributed by atoms with van der Waals surface area (Å²) in [7, 11) is 0. The first kappa shape index (κ1) is 16.1. The Kier molecular flexibility index (Phi) is 5.49. The van der Waals surface area contributed by atoms with Crippen LogP contribution in [0.4, 0.5) is 0 Å². The highest BCUT2D eigenvalue weighted by Crippen LogP contribution is 2.23. The molecule has 1 amide bonds. The third kappa shape index (κ3) is 4.36. The van der Waals surface area contributed by atoms with Gasteiger partial charge in [0.15, 0.2) is 0 Å². The fourth-order valence-corrected chi connectivity index (χ4v) is 3.32. The molecule has 0 fully saturated rings. The van der Waals surface area contributed by atoms with Gasteiger partial charge in [0.05, 0.1) is 22.6 Å². The first-order valence-corrected chi connectivity index (χ1v) is 8.20. The number of halogens is 1. The lowest BCUT2D eigenvalue weighted by Gasteiger charge is -2.19. The number of hydrogen-bond acceptors (Lipinski definition) is 5. The number of rotatable bonds is 6. The molecule has 1 atom stereocenters. The van der Waals surface area contributed by atoms with Crippen molar-refractivity contribution >= 4 is 33.2 Å². The van der Waals surface area contributed by atoms with Crippen LogP contribution in [-0.4, -0.2) is 37.5 Å². The number of carbonyl (C=O) groups excluding carboxylic acids is 1. The standard InChI is InChI=1S/C13H17BrN4O2S/c1-3-17(6-10-4-5-12(14)21-10)13(20)8-18-7-11(9(2)19)15-16-18/h4-5,7,9,19H,3,6,8H2,1-2H3. The van der Waals surface area contributed by atoms with Gasteiger partial charge in [-0.1, -0.05) is 5.21 Å². The van der Waals surface area contributed by atoms with E-state index in [0.29, 0.717) is 18.8 Å². The van der Waals surface area contributed by atoms with Gasteiger partial charge in [-0.25, -0.2) is 4.68 Å². The fraction of sp³-hybridized carbons (Fsp3) is 0.462. The molecular formula is C13H17BrN4O2S. The summed E-state index contributed by atoms with van der Waals surface area (Å²) in [6.45, 7) is 4.91. The van der Waals surface area contributed by atoms with Crippen LogP contribution in [0.25, 0.3) is 0 Å². The van der Waals surface area contributed by atoms with Crippen LogP contribution < -0.4 is 0 Å². The third-order valence-corrected chi connectivity index (χ3v) is 4.60. The van der Waals surface area contributed by atoms with E-state index in [1.807, 2.05) is 19.1 Å². The van der Waals surface area contributed by atoms with Gasteiger partial charge in [-0.2, -0.15) is 0 Å². The molecule has 0 saturated carbocycles. The molecule has 21 heavy (non-hydrogen) atoms. The minimum Gasteiger partial charge on any atom is -0.387 e. The van der Waals surface area contributed by atoms with E-state index in [-0.39, 0.29) is 12.5 Å². The summed E-state index contributed by atoms with van der Waals surface area (Å²) in [6, 6.07) is 3.98. The Hall–Kier alpha value is -1.25.